The lowest BCUT2D eigenvalue weighted by molar-refractivity contribution is -0.138. The highest BCUT2D eigenvalue weighted by Crippen LogP contribution is 2.35. The van der Waals surface area contributed by atoms with Crippen LogP contribution in [0.25, 0.3) is 0 Å². The third kappa shape index (κ3) is 3.46. The minimum Gasteiger partial charge on any atom is -0.341 e. The van der Waals surface area contributed by atoms with Crippen molar-refractivity contribution in [3.63, 3.8) is 0 Å². The Hall–Kier alpha value is -1.35. The smallest absolute Gasteiger partial charge is 0.246 e. The highest BCUT2D eigenvalue weighted by molar-refractivity contribution is 5.87. The van der Waals surface area contributed by atoms with Crippen LogP contribution in [-0.4, -0.2) is 23.9 Å². The average molecular weight is 288 g/mol. The summed E-state index contributed by atoms with van der Waals surface area (Å²) in [5.74, 6) is 0.725. The van der Waals surface area contributed by atoms with Crippen LogP contribution in [-0.2, 0) is 10.3 Å². The Morgan fingerprint density at radius 1 is 1.10 bits per heavy atom. The molecule has 0 bridgehead atoms. The average Bonchev–Trinajstić information content (AvgIpc) is 2.46. The Morgan fingerprint density at radius 2 is 1.62 bits per heavy atom. The fourth-order valence-corrected chi connectivity index (χ4v) is 3.18. The van der Waals surface area contributed by atoms with E-state index in [1.807, 2.05) is 42.2 Å². The van der Waals surface area contributed by atoms with Crippen molar-refractivity contribution in [1.82, 2.24) is 4.90 Å². The van der Waals surface area contributed by atoms with Gasteiger partial charge in [-0.05, 0) is 36.7 Å². The summed E-state index contributed by atoms with van der Waals surface area (Å²) >= 11 is 0. The van der Waals surface area contributed by atoms with Crippen LogP contribution in [0.5, 0.6) is 0 Å². The quantitative estimate of drug-likeness (QED) is 0.908. The van der Waals surface area contributed by atoms with E-state index < -0.39 is 5.54 Å². The summed E-state index contributed by atoms with van der Waals surface area (Å²) in [5.41, 5.74) is 6.61. The van der Waals surface area contributed by atoms with E-state index in [2.05, 4.69) is 20.8 Å². The van der Waals surface area contributed by atoms with Gasteiger partial charge in [0, 0.05) is 13.1 Å². The molecule has 3 nitrogen and oxygen atoms in total. The lowest BCUT2D eigenvalue weighted by Gasteiger charge is -2.41. The first-order valence-corrected chi connectivity index (χ1v) is 7.86. The van der Waals surface area contributed by atoms with Gasteiger partial charge in [-0.15, -0.1) is 0 Å². The van der Waals surface area contributed by atoms with Crippen LogP contribution in [0.4, 0.5) is 0 Å². The van der Waals surface area contributed by atoms with Crippen LogP contribution in [0, 0.1) is 11.3 Å². The molecule has 1 heterocycles. The van der Waals surface area contributed by atoms with Gasteiger partial charge in [0.05, 0.1) is 0 Å². The molecule has 0 spiro atoms. The van der Waals surface area contributed by atoms with Gasteiger partial charge in [0.15, 0.2) is 0 Å². The predicted octanol–water partition coefficient (Wildman–Crippen LogP) is 3.15. The van der Waals surface area contributed by atoms with E-state index in [1.54, 1.807) is 0 Å². The van der Waals surface area contributed by atoms with E-state index >= 15 is 0 Å². The number of benzene rings is 1. The number of nitrogens with two attached hydrogens (primary N) is 1. The molecule has 0 aliphatic carbocycles. The molecule has 1 unspecified atom stereocenters. The van der Waals surface area contributed by atoms with Gasteiger partial charge < -0.3 is 10.6 Å². The van der Waals surface area contributed by atoms with Crippen molar-refractivity contribution in [2.24, 2.45) is 17.1 Å². The molecule has 1 aliphatic rings. The number of amides is 1. The van der Waals surface area contributed by atoms with Crippen molar-refractivity contribution in [3.8, 4) is 0 Å². The fourth-order valence-electron chi connectivity index (χ4n) is 3.18. The molecule has 1 aliphatic heterocycles. The van der Waals surface area contributed by atoms with E-state index in [0.29, 0.717) is 11.3 Å². The summed E-state index contributed by atoms with van der Waals surface area (Å²) in [6, 6.07) is 9.66. The number of carbonyl (C=O) groups is 1. The van der Waals surface area contributed by atoms with Crippen LogP contribution < -0.4 is 5.73 Å². The van der Waals surface area contributed by atoms with Crippen molar-refractivity contribution in [1.29, 1.82) is 0 Å². The second kappa shape index (κ2) is 5.80. The number of hydrogen-bond acceptors (Lipinski definition) is 2. The molecule has 0 aromatic heterocycles. The van der Waals surface area contributed by atoms with Crippen molar-refractivity contribution in [2.75, 3.05) is 13.1 Å². The standard InChI is InChI=1S/C18H28N2O/c1-17(2,3)14-10-12-20(13-11-14)16(21)18(4,19)15-8-6-5-7-9-15/h5-9,14H,10-13,19H2,1-4H3. The van der Waals surface area contributed by atoms with Gasteiger partial charge >= 0.3 is 0 Å². The van der Waals surface area contributed by atoms with Crippen molar-refractivity contribution >= 4 is 5.91 Å². The Morgan fingerprint density at radius 3 is 2.10 bits per heavy atom. The highest BCUT2D eigenvalue weighted by atomic mass is 16.2. The minimum absolute atomic E-state index is 0.0426. The summed E-state index contributed by atoms with van der Waals surface area (Å²) < 4.78 is 0. The molecule has 0 radical (unpaired) electrons. The van der Waals surface area contributed by atoms with Gasteiger partial charge in [-0.2, -0.15) is 0 Å². The van der Waals surface area contributed by atoms with Crippen LogP contribution >= 0.6 is 0 Å². The third-order valence-corrected chi connectivity index (χ3v) is 4.82. The number of hydrogen-bond donors (Lipinski definition) is 1. The van der Waals surface area contributed by atoms with Crippen molar-refractivity contribution < 1.29 is 4.79 Å². The molecule has 1 aromatic carbocycles. The molecule has 21 heavy (non-hydrogen) atoms. The lowest BCUT2D eigenvalue weighted by atomic mass is 9.75. The van der Waals surface area contributed by atoms with Crippen molar-refractivity contribution in [2.45, 2.75) is 46.1 Å². The topological polar surface area (TPSA) is 46.3 Å². The molecular formula is C18H28N2O. The first-order chi connectivity index (χ1) is 9.73. The van der Waals surface area contributed by atoms with Gasteiger partial charge in [-0.1, -0.05) is 51.1 Å². The van der Waals surface area contributed by atoms with Crippen LogP contribution in [0.15, 0.2) is 30.3 Å². The molecule has 1 atom stereocenters. The Kier molecular flexibility index (Phi) is 4.43. The number of nitrogens with zero attached hydrogens (tertiary/aromatic N) is 1. The summed E-state index contributed by atoms with van der Waals surface area (Å²) in [4.78, 5) is 14.7. The summed E-state index contributed by atoms with van der Waals surface area (Å²) in [6.45, 7) is 10.3. The van der Waals surface area contributed by atoms with Crippen molar-refractivity contribution in [3.05, 3.63) is 35.9 Å². The largest absolute Gasteiger partial charge is 0.341 e. The van der Waals surface area contributed by atoms with E-state index in [-0.39, 0.29) is 5.91 Å². The number of piperidine rings is 1. The van der Waals surface area contributed by atoms with E-state index in [9.17, 15) is 4.79 Å². The SMILES string of the molecule is CC(N)(C(=O)N1CCC(C(C)(C)C)CC1)c1ccccc1. The maximum Gasteiger partial charge on any atom is 0.246 e. The number of likely N-dealkylation sites (tertiary alicyclic amines) is 1. The van der Waals surface area contributed by atoms with Crippen LogP contribution in [0.3, 0.4) is 0 Å². The Labute approximate surface area is 128 Å². The van der Waals surface area contributed by atoms with Gasteiger partial charge in [-0.25, -0.2) is 0 Å². The molecule has 2 N–H and O–H groups in total. The van der Waals surface area contributed by atoms with E-state index in [0.717, 1.165) is 31.5 Å². The summed E-state index contributed by atoms with van der Waals surface area (Å²) in [5, 5.41) is 0. The summed E-state index contributed by atoms with van der Waals surface area (Å²) in [6.07, 6.45) is 2.14. The van der Waals surface area contributed by atoms with Gasteiger partial charge in [0.1, 0.15) is 5.54 Å². The maximum absolute atomic E-state index is 12.8. The first kappa shape index (κ1) is 16.0. The molecule has 1 saturated heterocycles. The summed E-state index contributed by atoms with van der Waals surface area (Å²) in [7, 11) is 0. The first-order valence-electron chi connectivity index (χ1n) is 7.86. The predicted molar refractivity (Wildman–Crippen MR) is 86.7 cm³/mol. The Bertz CT molecular complexity index is 480. The molecule has 116 valence electrons. The Balaban J connectivity index is 2.05. The fraction of sp³-hybridized carbons (Fsp3) is 0.611. The normalized spacial score (nSPS) is 20.1. The van der Waals surface area contributed by atoms with Gasteiger partial charge in [0.2, 0.25) is 5.91 Å². The van der Waals surface area contributed by atoms with Gasteiger partial charge in [0.25, 0.3) is 0 Å². The zero-order valence-electron chi connectivity index (χ0n) is 13.7. The molecule has 0 saturated carbocycles. The molecule has 1 fully saturated rings. The number of carbonyl (C=O) groups excluding carboxylic acids is 1. The van der Waals surface area contributed by atoms with Crippen LogP contribution in [0.2, 0.25) is 0 Å². The van der Waals surface area contributed by atoms with E-state index in [4.69, 9.17) is 5.73 Å². The maximum atomic E-state index is 12.8. The molecule has 3 heteroatoms. The number of rotatable bonds is 2. The molecular weight excluding hydrogens is 260 g/mol. The molecule has 1 amide bonds. The zero-order valence-corrected chi connectivity index (χ0v) is 13.7. The lowest BCUT2D eigenvalue weighted by Crippen LogP contribution is -2.53. The minimum atomic E-state index is -0.935. The second-order valence-corrected chi connectivity index (χ2v) is 7.50. The second-order valence-electron chi connectivity index (χ2n) is 7.50. The highest BCUT2D eigenvalue weighted by Gasteiger charge is 2.37. The third-order valence-electron chi connectivity index (χ3n) is 4.82. The van der Waals surface area contributed by atoms with Gasteiger partial charge in [-0.3, -0.25) is 4.79 Å². The molecule has 1 aromatic rings. The van der Waals surface area contributed by atoms with E-state index in [1.165, 1.54) is 0 Å². The molecule has 2 rings (SSSR count). The monoisotopic (exact) mass is 288 g/mol. The van der Waals surface area contributed by atoms with Crippen LogP contribution in [0.1, 0.15) is 46.1 Å². The zero-order chi connectivity index (χ0) is 15.7.